The molecule has 0 bridgehead atoms. The number of ether oxygens (including phenoxy) is 1. The van der Waals surface area contributed by atoms with Crippen LogP contribution >= 0.6 is 0 Å². The summed E-state index contributed by atoms with van der Waals surface area (Å²) in [4.78, 5) is 22.6. The van der Waals surface area contributed by atoms with Crippen molar-refractivity contribution in [1.82, 2.24) is 0 Å². The van der Waals surface area contributed by atoms with E-state index in [1.807, 2.05) is 6.07 Å². The average molecular weight is 232 g/mol. The Labute approximate surface area is 98.5 Å². The molecule has 0 amide bonds. The van der Waals surface area contributed by atoms with Crippen molar-refractivity contribution in [2.75, 3.05) is 0 Å². The molecule has 0 aromatic heterocycles. The van der Waals surface area contributed by atoms with Crippen LogP contribution in [0.5, 0.6) is 0 Å². The highest BCUT2D eigenvalue weighted by molar-refractivity contribution is 5.97. The van der Waals surface area contributed by atoms with E-state index in [-0.39, 0.29) is 0 Å². The lowest BCUT2D eigenvalue weighted by atomic mass is 9.84. The fraction of sp³-hybridized carbons (Fsp3) is 0.231. The maximum Gasteiger partial charge on any atom is 0.321 e. The second kappa shape index (κ2) is 4.41. The SMILES string of the molecule is C=C[C@H]1OC(=O)[C@@H](C(=O)O)[C@@H]1c1ccccc1. The van der Waals surface area contributed by atoms with Crippen molar-refractivity contribution in [2.45, 2.75) is 12.0 Å². The summed E-state index contributed by atoms with van der Waals surface area (Å²) < 4.78 is 5.01. The maximum absolute atomic E-state index is 11.5. The van der Waals surface area contributed by atoms with Crippen LogP contribution < -0.4 is 0 Å². The highest BCUT2D eigenvalue weighted by Crippen LogP contribution is 2.37. The molecule has 88 valence electrons. The van der Waals surface area contributed by atoms with Crippen LogP contribution in [0.3, 0.4) is 0 Å². The van der Waals surface area contributed by atoms with Gasteiger partial charge in [-0.25, -0.2) is 0 Å². The fourth-order valence-electron chi connectivity index (χ4n) is 2.12. The van der Waals surface area contributed by atoms with E-state index >= 15 is 0 Å². The van der Waals surface area contributed by atoms with Gasteiger partial charge in [-0.15, -0.1) is 0 Å². The van der Waals surface area contributed by atoms with Crippen LogP contribution in [-0.2, 0) is 14.3 Å². The lowest BCUT2D eigenvalue weighted by Crippen LogP contribution is -2.25. The minimum Gasteiger partial charge on any atom is -0.481 e. The molecule has 1 N–H and O–H groups in total. The van der Waals surface area contributed by atoms with Gasteiger partial charge in [-0.2, -0.15) is 0 Å². The summed E-state index contributed by atoms with van der Waals surface area (Å²) >= 11 is 0. The Morgan fingerprint density at radius 3 is 2.53 bits per heavy atom. The molecule has 0 radical (unpaired) electrons. The highest BCUT2D eigenvalue weighted by Gasteiger charge is 2.48. The molecule has 4 heteroatoms. The largest absolute Gasteiger partial charge is 0.481 e. The number of hydrogen-bond acceptors (Lipinski definition) is 3. The molecule has 2 rings (SSSR count). The standard InChI is InChI=1S/C13H12O4/c1-2-9-10(8-6-4-3-5-7-8)11(12(14)15)13(16)17-9/h2-7,9-11H,1H2,(H,14,15)/t9-,10-,11-/m1/s1. The summed E-state index contributed by atoms with van der Waals surface area (Å²) in [6.45, 7) is 3.58. The first-order valence-corrected chi connectivity index (χ1v) is 5.26. The molecule has 1 heterocycles. The lowest BCUT2D eigenvalue weighted by Gasteiger charge is -2.16. The lowest BCUT2D eigenvalue weighted by molar-refractivity contribution is -0.152. The van der Waals surface area contributed by atoms with Crippen LogP contribution in [0.4, 0.5) is 0 Å². The van der Waals surface area contributed by atoms with Crippen molar-refractivity contribution < 1.29 is 19.4 Å². The number of aliphatic carboxylic acids is 1. The number of carbonyl (C=O) groups is 2. The molecule has 1 saturated heterocycles. The normalized spacial score (nSPS) is 27.5. The van der Waals surface area contributed by atoms with Gasteiger partial charge in [-0.05, 0) is 5.56 Å². The first-order chi connectivity index (χ1) is 8.15. The minimum atomic E-state index is -1.16. The van der Waals surface area contributed by atoms with Crippen LogP contribution in [0.1, 0.15) is 11.5 Å². The molecule has 0 spiro atoms. The van der Waals surface area contributed by atoms with Crippen LogP contribution in [0.2, 0.25) is 0 Å². The molecule has 1 aliphatic rings. The minimum absolute atomic E-state index is 0.501. The van der Waals surface area contributed by atoms with Gasteiger partial charge in [-0.3, -0.25) is 9.59 Å². The van der Waals surface area contributed by atoms with Crippen LogP contribution in [0.25, 0.3) is 0 Å². The smallest absolute Gasteiger partial charge is 0.321 e. The zero-order valence-corrected chi connectivity index (χ0v) is 9.08. The number of esters is 1. The topological polar surface area (TPSA) is 63.6 Å². The quantitative estimate of drug-likeness (QED) is 0.488. The Bertz CT molecular complexity index is 452. The second-order valence-corrected chi connectivity index (χ2v) is 3.89. The van der Waals surface area contributed by atoms with Crippen molar-refractivity contribution in [1.29, 1.82) is 0 Å². The third-order valence-corrected chi connectivity index (χ3v) is 2.90. The summed E-state index contributed by atoms with van der Waals surface area (Å²) in [6.07, 6.45) is 0.893. The summed E-state index contributed by atoms with van der Waals surface area (Å²) in [5.41, 5.74) is 0.774. The van der Waals surface area contributed by atoms with E-state index in [0.29, 0.717) is 0 Å². The zero-order valence-electron chi connectivity index (χ0n) is 9.08. The van der Waals surface area contributed by atoms with Gasteiger partial charge >= 0.3 is 11.9 Å². The Morgan fingerprint density at radius 2 is 2.00 bits per heavy atom. The molecule has 17 heavy (non-hydrogen) atoms. The van der Waals surface area contributed by atoms with Gasteiger partial charge in [0.2, 0.25) is 0 Å². The van der Waals surface area contributed by atoms with E-state index < -0.39 is 29.9 Å². The van der Waals surface area contributed by atoms with Crippen molar-refractivity contribution in [3.63, 3.8) is 0 Å². The number of rotatable bonds is 3. The van der Waals surface area contributed by atoms with Gasteiger partial charge in [-0.1, -0.05) is 43.0 Å². The summed E-state index contributed by atoms with van der Waals surface area (Å²) in [7, 11) is 0. The van der Waals surface area contributed by atoms with E-state index in [2.05, 4.69) is 6.58 Å². The molecule has 3 atom stereocenters. The molecule has 1 fully saturated rings. The highest BCUT2D eigenvalue weighted by atomic mass is 16.6. The average Bonchev–Trinajstić information content (AvgIpc) is 2.67. The van der Waals surface area contributed by atoms with Crippen LogP contribution in [0.15, 0.2) is 43.0 Å². The Hall–Kier alpha value is -2.10. The summed E-state index contributed by atoms with van der Waals surface area (Å²) in [6, 6.07) is 9.02. The van der Waals surface area contributed by atoms with E-state index in [1.165, 1.54) is 6.08 Å². The number of cyclic esters (lactones) is 1. The van der Waals surface area contributed by atoms with E-state index in [1.54, 1.807) is 24.3 Å². The third kappa shape index (κ3) is 1.93. The van der Waals surface area contributed by atoms with Gasteiger partial charge in [0, 0.05) is 5.92 Å². The molecular formula is C13H12O4. The first kappa shape index (κ1) is 11.4. The molecule has 1 aromatic carbocycles. The number of carbonyl (C=O) groups excluding carboxylic acids is 1. The van der Waals surface area contributed by atoms with Gasteiger partial charge in [0.25, 0.3) is 0 Å². The van der Waals surface area contributed by atoms with Gasteiger partial charge < -0.3 is 9.84 Å². The molecular weight excluding hydrogens is 220 g/mol. The maximum atomic E-state index is 11.5. The predicted molar refractivity (Wildman–Crippen MR) is 60.4 cm³/mol. The van der Waals surface area contributed by atoms with Gasteiger partial charge in [0.05, 0.1) is 0 Å². The van der Waals surface area contributed by atoms with E-state index in [9.17, 15) is 9.59 Å². The Morgan fingerprint density at radius 1 is 1.35 bits per heavy atom. The summed E-state index contributed by atoms with van der Waals surface area (Å²) in [5.74, 6) is -3.51. The molecule has 1 aliphatic heterocycles. The molecule has 0 saturated carbocycles. The number of benzene rings is 1. The van der Waals surface area contributed by atoms with Crippen molar-refractivity contribution >= 4 is 11.9 Å². The van der Waals surface area contributed by atoms with Gasteiger partial charge in [0.1, 0.15) is 6.10 Å². The first-order valence-electron chi connectivity index (χ1n) is 5.26. The molecule has 0 aliphatic carbocycles. The van der Waals surface area contributed by atoms with E-state index in [0.717, 1.165) is 5.56 Å². The molecule has 4 nitrogen and oxygen atoms in total. The Kier molecular flexibility index (Phi) is 2.95. The van der Waals surface area contributed by atoms with Crippen LogP contribution in [-0.4, -0.2) is 23.1 Å². The monoisotopic (exact) mass is 232 g/mol. The molecule has 1 aromatic rings. The number of carboxylic acids is 1. The predicted octanol–water partition coefficient (Wildman–Crippen LogP) is 1.58. The van der Waals surface area contributed by atoms with Crippen molar-refractivity contribution in [3.8, 4) is 0 Å². The van der Waals surface area contributed by atoms with Crippen molar-refractivity contribution in [3.05, 3.63) is 48.6 Å². The Balaban J connectivity index is 2.43. The van der Waals surface area contributed by atoms with E-state index in [4.69, 9.17) is 9.84 Å². The third-order valence-electron chi connectivity index (χ3n) is 2.90. The van der Waals surface area contributed by atoms with Gasteiger partial charge in [0.15, 0.2) is 5.92 Å². The number of carboxylic acid groups (broad SMARTS) is 1. The van der Waals surface area contributed by atoms with Crippen molar-refractivity contribution in [2.24, 2.45) is 5.92 Å². The number of hydrogen-bond donors (Lipinski definition) is 1. The van der Waals surface area contributed by atoms with Crippen LogP contribution in [0, 0.1) is 5.92 Å². The molecule has 0 unspecified atom stereocenters. The zero-order chi connectivity index (χ0) is 12.4. The summed E-state index contributed by atoms with van der Waals surface area (Å²) in [5, 5.41) is 9.09. The fourth-order valence-corrected chi connectivity index (χ4v) is 2.12. The second-order valence-electron chi connectivity index (χ2n) is 3.89.